The van der Waals surface area contributed by atoms with E-state index < -0.39 is 18.0 Å². The van der Waals surface area contributed by atoms with Gasteiger partial charge >= 0.3 is 12.0 Å². The molecule has 2 atom stereocenters. The molecule has 6 nitrogen and oxygen atoms in total. The SMILES string of the molecule is CCN(CC(C)C#N)C(=O)N[C@@H](CC(C)C)C(=O)O. The third kappa shape index (κ3) is 6.65. The highest BCUT2D eigenvalue weighted by molar-refractivity contribution is 5.82. The van der Waals surface area contributed by atoms with E-state index in [1.807, 2.05) is 13.8 Å². The number of urea groups is 1. The zero-order chi connectivity index (χ0) is 15.0. The number of carbonyl (C=O) groups is 2. The molecule has 19 heavy (non-hydrogen) atoms. The number of amides is 2. The maximum absolute atomic E-state index is 12.0. The number of carbonyl (C=O) groups excluding carboxylic acids is 1. The van der Waals surface area contributed by atoms with E-state index in [9.17, 15) is 9.59 Å². The molecule has 0 radical (unpaired) electrons. The van der Waals surface area contributed by atoms with Crippen molar-refractivity contribution in [3.05, 3.63) is 0 Å². The first kappa shape index (κ1) is 17.2. The van der Waals surface area contributed by atoms with Gasteiger partial charge in [-0.05, 0) is 26.2 Å². The lowest BCUT2D eigenvalue weighted by atomic mass is 10.0. The molecule has 2 N–H and O–H groups in total. The Morgan fingerprint density at radius 1 is 1.37 bits per heavy atom. The van der Waals surface area contributed by atoms with E-state index in [0.717, 1.165) is 0 Å². The van der Waals surface area contributed by atoms with Crippen LogP contribution in [-0.4, -0.2) is 41.1 Å². The summed E-state index contributed by atoms with van der Waals surface area (Å²) in [4.78, 5) is 24.5. The van der Waals surface area contributed by atoms with E-state index in [1.165, 1.54) is 4.90 Å². The summed E-state index contributed by atoms with van der Waals surface area (Å²) in [7, 11) is 0. The second kappa shape index (κ2) is 8.35. The summed E-state index contributed by atoms with van der Waals surface area (Å²) in [5.74, 6) is -1.14. The molecule has 0 saturated heterocycles. The lowest BCUT2D eigenvalue weighted by Gasteiger charge is -2.25. The van der Waals surface area contributed by atoms with Crippen LogP contribution >= 0.6 is 0 Å². The van der Waals surface area contributed by atoms with Gasteiger partial charge in [0.05, 0.1) is 12.0 Å². The van der Waals surface area contributed by atoms with Gasteiger partial charge in [-0.15, -0.1) is 0 Å². The predicted octanol–water partition coefficient (Wildman–Crippen LogP) is 1.68. The van der Waals surface area contributed by atoms with Crippen LogP contribution in [0.25, 0.3) is 0 Å². The molecule has 0 aliphatic heterocycles. The Labute approximate surface area is 114 Å². The van der Waals surface area contributed by atoms with Gasteiger partial charge in [-0.25, -0.2) is 9.59 Å². The standard InChI is InChI=1S/C13H23N3O3/c1-5-16(8-10(4)7-14)13(19)15-11(12(17)18)6-9(2)3/h9-11H,5-6,8H2,1-4H3,(H,15,19)(H,17,18)/t10?,11-/m0/s1. The molecule has 0 rings (SSSR count). The highest BCUT2D eigenvalue weighted by atomic mass is 16.4. The van der Waals surface area contributed by atoms with Crippen molar-refractivity contribution in [2.75, 3.05) is 13.1 Å². The number of rotatable bonds is 7. The van der Waals surface area contributed by atoms with Gasteiger partial charge in [0, 0.05) is 13.1 Å². The van der Waals surface area contributed by atoms with Crippen LogP contribution in [0.1, 0.15) is 34.1 Å². The summed E-state index contributed by atoms with van der Waals surface area (Å²) in [6.07, 6.45) is 0.381. The second-order valence-corrected chi connectivity index (χ2v) is 5.04. The van der Waals surface area contributed by atoms with Crippen LogP contribution in [0.15, 0.2) is 0 Å². The average Bonchev–Trinajstić information content (AvgIpc) is 2.33. The monoisotopic (exact) mass is 269 g/mol. The fourth-order valence-corrected chi connectivity index (χ4v) is 1.66. The minimum atomic E-state index is -1.04. The zero-order valence-electron chi connectivity index (χ0n) is 12.0. The van der Waals surface area contributed by atoms with Crippen molar-refractivity contribution < 1.29 is 14.7 Å². The van der Waals surface area contributed by atoms with Gasteiger partial charge in [0.25, 0.3) is 0 Å². The van der Waals surface area contributed by atoms with Gasteiger partial charge in [-0.1, -0.05) is 13.8 Å². The molecular formula is C13H23N3O3. The van der Waals surface area contributed by atoms with E-state index in [4.69, 9.17) is 10.4 Å². The van der Waals surface area contributed by atoms with Crippen molar-refractivity contribution in [1.29, 1.82) is 5.26 Å². The second-order valence-electron chi connectivity index (χ2n) is 5.04. The molecule has 0 spiro atoms. The minimum Gasteiger partial charge on any atom is -0.480 e. The maximum atomic E-state index is 12.0. The van der Waals surface area contributed by atoms with Gasteiger partial charge in [-0.2, -0.15) is 5.26 Å². The first-order valence-corrected chi connectivity index (χ1v) is 6.49. The Balaban J connectivity index is 4.60. The van der Waals surface area contributed by atoms with Crippen molar-refractivity contribution in [2.24, 2.45) is 11.8 Å². The molecular weight excluding hydrogens is 246 g/mol. The van der Waals surface area contributed by atoms with Crippen LogP contribution < -0.4 is 5.32 Å². The molecule has 0 aromatic rings. The van der Waals surface area contributed by atoms with Crippen molar-refractivity contribution in [2.45, 2.75) is 40.2 Å². The largest absolute Gasteiger partial charge is 0.480 e. The van der Waals surface area contributed by atoms with E-state index in [1.54, 1.807) is 13.8 Å². The predicted molar refractivity (Wildman–Crippen MR) is 71.4 cm³/mol. The van der Waals surface area contributed by atoms with E-state index in [0.29, 0.717) is 19.5 Å². The van der Waals surface area contributed by atoms with Crippen LogP contribution in [0.4, 0.5) is 4.79 Å². The Morgan fingerprint density at radius 3 is 2.32 bits per heavy atom. The van der Waals surface area contributed by atoms with Crippen LogP contribution in [0.2, 0.25) is 0 Å². The number of carboxylic acid groups (broad SMARTS) is 1. The fraction of sp³-hybridized carbons (Fsp3) is 0.769. The van der Waals surface area contributed by atoms with Crippen LogP contribution in [0, 0.1) is 23.2 Å². The summed E-state index contributed by atoms with van der Waals surface area (Å²) in [5.41, 5.74) is 0. The van der Waals surface area contributed by atoms with E-state index >= 15 is 0 Å². The number of nitrogens with zero attached hydrogens (tertiary/aromatic N) is 2. The van der Waals surface area contributed by atoms with Crippen molar-refractivity contribution in [3.8, 4) is 6.07 Å². The molecule has 1 unspecified atom stereocenters. The van der Waals surface area contributed by atoms with Gasteiger partial charge in [0.15, 0.2) is 0 Å². The molecule has 0 saturated carbocycles. The topological polar surface area (TPSA) is 93.4 Å². The molecule has 0 aromatic carbocycles. The van der Waals surface area contributed by atoms with Crippen LogP contribution in [0.5, 0.6) is 0 Å². The van der Waals surface area contributed by atoms with Gasteiger partial charge in [0.1, 0.15) is 6.04 Å². The van der Waals surface area contributed by atoms with Gasteiger partial charge in [-0.3, -0.25) is 0 Å². The third-order valence-electron chi connectivity index (χ3n) is 2.69. The summed E-state index contributed by atoms with van der Waals surface area (Å²) in [6.45, 7) is 8.05. The Hall–Kier alpha value is -1.77. The van der Waals surface area contributed by atoms with Crippen molar-refractivity contribution in [1.82, 2.24) is 10.2 Å². The molecule has 6 heteroatoms. The lowest BCUT2D eigenvalue weighted by molar-refractivity contribution is -0.139. The molecule has 108 valence electrons. The highest BCUT2D eigenvalue weighted by Crippen LogP contribution is 2.06. The summed E-state index contributed by atoms with van der Waals surface area (Å²) in [6, 6.07) is 0.732. The molecule has 0 aliphatic carbocycles. The molecule has 0 aliphatic rings. The Morgan fingerprint density at radius 2 is 1.95 bits per heavy atom. The maximum Gasteiger partial charge on any atom is 0.326 e. The van der Waals surface area contributed by atoms with E-state index in [-0.39, 0.29) is 11.8 Å². The number of nitriles is 1. The first-order valence-electron chi connectivity index (χ1n) is 6.49. The van der Waals surface area contributed by atoms with Crippen LogP contribution in [0.3, 0.4) is 0 Å². The number of carboxylic acids is 1. The molecule has 2 amide bonds. The number of hydrogen-bond donors (Lipinski definition) is 2. The summed E-state index contributed by atoms with van der Waals surface area (Å²) >= 11 is 0. The van der Waals surface area contributed by atoms with Gasteiger partial charge < -0.3 is 15.3 Å². The zero-order valence-corrected chi connectivity index (χ0v) is 12.0. The fourth-order valence-electron chi connectivity index (χ4n) is 1.66. The summed E-state index contributed by atoms with van der Waals surface area (Å²) < 4.78 is 0. The third-order valence-corrected chi connectivity index (χ3v) is 2.69. The smallest absolute Gasteiger partial charge is 0.326 e. The van der Waals surface area contributed by atoms with E-state index in [2.05, 4.69) is 11.4 Å². The quantitative estimate of drug-likeness (QED) is 0.735. The number of aliphatic carboxylic acids is 1. The average molecular weight is 269 g/mol. The number of hydrogen-bond acceptors (Lipinski definition) is 3. The Bertz CT molecular complexity index is 350. The summed E-state index contributed by atoms with van der Waals surface area (Å²) in [5, 5.41) is 20.3. The molecule has 0 heterocycles. The minimum absolute atomic E-state index is 0.175. The molecule has 0 fully saturated rings. The van der Waals surface area contributed by atoms with Crippen LogP contribution in [-0.2, 0) is 4.79 Å². The number of nitrogens with one attached hydrogen (secondary N) is 1. The first-order chi connectivity index (χ1) is 8.81. The van der Waals surface area contributed by atoms with Gasteiger partial charge in [0.2, 0.25) is 0 Å². The highest BCUT2D eigenvalue weighted by Gasteiger charge is 2.24. The van der Waals surface area contributed by atoms with Crippen molar-refractivity contribution in [3.63, 3.8) is 0 Å². The van der Waals surface area contributed by atoms with Crippen molar-refractivity contribution >= 4 is 12.0 Å². The molecule has 0 bridgehead atoms. The lowest BCUT2D eigenvalue weighted by Crippen LogP contribution is -2.49. The Kier molecular flexibility index (Phi) is 7.57. The molecule has 0 aromatic heterocycles. The normalized spacial score (nSPS) is 13.5.